The molecule has 64 valence electrons. The molecule has 0 N–H and O–H groups in total. The summed E-state index contributed by atoms with van der Waals surface area (Å²) in [4.78, 5) is 4.15. The van der Waals surface area contributed by atoms with Crippen molar-refractivity contribution in [2.45, 2.75) is 6.54 Å². The van der Waals surface area contributed by atoms with Gasteiger partial charge in [0.25, 0.3) is 0 Å². The Balaban J connectivity index is 2.24. The highest BCUT2D eigenvalue weighted by molar-refractivity contribution is 7.09. The lowest BCUT2D eigenvalue weighted by Gasteiger charge is -1.99. The molecule has 0 aliphatic heterocycles. The molecule has 0 aliphatic rings. The monoisotopic (exact) mass is 189 g/mol. The summed E-state index contributed by atoms with van der Waals surface area (Å²) in [5, 5.41) is 11.7. The number of hydrogen-bond donors (Lipinski definition) is 0. The van der Waals surface area contributed by atoms with Gasteiger partial charge in [0.05, 0.1) is 6.54 Å². The van der Waals surface area contributed by atoms with Crippen LogP contribution in [-0.4, -0.2) is 9.55 Å². The predicted octanol–water partition coefficient (Wildman–Crippen LogP) is 1.86. The number of aromatic nitrogens is 2. The van der Waals surface area contributed by atoms with Gasteiger partial charge in [-0.2, -0.15) is 5.26 Å². The van der Waals surface area contributed by atoms with Gasteiger partial charge in [0.2, 0.25) is 0 Å². The zero-order chi connectivity index (χ0) is 9.10. The molecule has 2 heterocycles. The second-order valence-corrected chi connectivity index (χ2v) is 3.54. The van der Waals surface area contributed by atoms with E-state index in [0.29, 0.717) is 12.2 Å². The standard InChI is InChI=1S/C9H7N3S/c10-6-8-2-1-4-12(8)7-9-11-3-5-13-9/h1-5H,7H2. The largest absolute Gasteiger partial charge is 0.333 e. The van der Waals surface area contributed by atoms with E-state index in [2.05, 4.69) is 11.1 Å². The molecule has 0 unspecified atom stereocenters. The number of thiazole rings is 1. The molecule has 2 aromatic rings. The minimum atomic E-state index is 0.676. The Morgan fingerprint density at radius 2 is 2.54 bits per heavy atom. The molecule has 0 spiro atoms. The van der Waals surface area contributed by atoms with E-state index < -0.39 is 0 Å². The van der Waals surface area contributed by atoms with Crippen molar-refractivity contribution in [3.8, 4) is 6.07 Å². The van der Waals surface area contributed by atoms with Gasteiger partial charge in [-0.3, -0.25) is 0 Å². The topological polar surface area (TPSA) is 41.6 Å². The smallest absolute Gasteiger partial charge is 0.120 e. The van der Waals surface area contributed by atoms with Crippen LogP contribution in [0.4, 0.5) is 0 Å². The maximum Gasteiger partial charge on any atom is 0.120 e. The van der Waals surface area contributed by atoms with Gasteiger partial charge < -0.3 is 4.57 Å². The van der Waals surface area contributed by atoms with E-state index in [-0.39, 0.29) is 0 Å². The first kappa shape index (κ1) is 8.02. The van der Waals surface area contributed by atoms with E-state index in [1.165, 1.54) is 0 Å². The van der Waals surface area contributed by atoms with E-state index in [9.17, 15) is 0 Å². The highest BCUT2D eigenvalue weighted by Gasteiger charge is 2.01. The van der Waals surface area contributed by atoms with Gasteiger partial charge in [-0.1, -0.05) is 0 Å². The number of hydrogen-bond acceptors (Lipinski definition) is 3. The van der Waals surface area contributed by atoms with E-state index >= 15 is 0 Å². The van der Waals surface area contributed by atoms with Gasteiger partial charge in [-0.05, 0) is 12.1 Å². The predicted molar refractivity (Wildman–Crippen MR) is 50.4 cm³/mol. The van der Waals surface area contributed by atoms with Crippen molar-refractivity contribution in [2.75, 3.05) is 0 Å². The Bertz CT molecular complexity index is 422. The lowest BCUT2D eigenvalue weighted by Crippen LogP contribution is -1.99. The van der Waals surface area contributed by atoms with E-state index in [1.807, 2.05) is 22.2 Å². The Kier molecular flexibility index (Phi) is 2.11. The fourth-order valence-corrected chi connectivity index (χ4v) is 1.74. The van der Waals surface area contributed by atoms with Crippen LogP contribution in [0.3, 0.4) is 0 Å². The summed E-state index contributed by atoms with van der Waals surface area (Å²) in [6.45, 7) is 0.688. The molecule has 0 aromatic carbocycles. The summed E-state index contributed by atoms with van der Waals surface area (Å²) in [6, 6.07) is 5.79. The summed E-state index contributed by atoms with van der Waals surface area (Å²) >= 11 is 1.60. The van der Waals surface area contributed by atoms with Crippen LogP contribution in [-0.2, 0) is 6.54 Å². The molecular weight excluding hydrogens is 182 g/mol. The Morgan fingerprint density at radius 1 is 1.62 bits per heavy atom. The van der Waals surface area contributed by atoms with Gasteiger partial charge >= 0.3 is 0 Å². The van der Waals surface area contributed by atoms with Gasteiger partial charge in [0.1, 0.15) is 16.8 Å². The van der Waals surface area contributed by atoms with Crippen molar-refractivity contribution in [1.29, 1.82) is 5.26 Å². The maximum absolute atomic E-state index is 8.75. The van der Waals surface area contributed by atoms with Crippen molar-refractivity contribution >= 4 is 11.3 Å². The molecular formula is C9H7N3S. The van der Waals surface area contributed by atoms with E-state index in [4.69, 9.17) is 5.26 Å². The summed E-state index contributed by atoms with van der Waals surface area (Å²) in [5.41, 5.74) is 0.676. The lowest BCUT2D eigenvalue weighted by atomic mass is 10.5. The fourth-order valence-electron chi connectivity index (χ4n) is 1.13. The van der Waals surface area contributed by atoms with E-state index in [1.54, 1.807) is 23.6 Å². The van der Waals surface area contributed by atoms with Crippen molar-refractivity contribution in [1.82, 2.24) is 9.55 Å². The first-order valence-corrected chi connectivity index (χ1v) is 4.72. The third-order valence-corrected chi connectivity index (χ3v) is 2.50. The molecule has 4 heteroatoms. The highest BCUT2D eigenvalue weighted by Crippen LogP contribution is 2.09. The molecule has 0 radical (unpaired) electrons. The van der Waals surface area contributed by atoms with Crippen LogP contribution in [0.25, 0.3) is 0 Å². The summed E-state index contributed by atoms with van der Waals surface area (Å²) in [6.07, 6.45) is 3.66. The summed E-state index contributed by atoms with van der Waals surface area (Å²) in [7, 11) is 0. The Labute approximate surface area is 79.9 Å². The second kappa shape index (κ2) is 3.42. The SMILES string of the molecule is N#Cc1cccn1Cc1nccs1. The van der Waals surface area contributed by atoms with Crippen LogP contribution < -0.4 is 0 Å². The van der Waals surface area contributed by atoms with Crippen LogP contribution in [0.15, 0.2) is 29.9 Å². The molecule has 2 rings (SSSR count). The van der Waals surface area contributed by atoms with Gasteiger partial charge in [-0.25, -0.2) is 4.98 Å². The second-order valence-electron chi connectivity index (χ2n) is 2.56. The maximum atomic E-state index is 8.75. The average Bonchev–Trinajstić information content (AvgIpc) is 2.76. The molecule has 0 aliphatic carbocycles. The first-order chi connectivity index (χ1) is 6.40. The van der Waals surface area contributed by atoms with Crippen LogP contribution in [0.5, 0.6) is 0 Å². The quantitative estimate of drug-likeness (QED) is 0.723. The van der Waals surface area contributed by atoms with Crippen molar-refractivity contribution in [3.63, 3.8) is 0 Å². The van der Waals surface area contributed by atoms with Crippen LogP contribution in [0.2, 0.25) is 0 Å². The molecule has 13 heavy (non-hydrogen) atoms. The van der Waals surface area contributed by atoms with E-state index in [0.717, 1.165) is 5.01 Å². The third kappa shape index (κ3) is 1.60. The van der Waals surface area contributed by atoms with Crippen molar-refractivity contribution in [3.05, 3.63) is 40.6 Å². The zero-order valence-electron chi connectivity index (χ0n) is 6.84. The fraction of sp³-hybridized carbons (Fsp3) is 0.111. The molecule has 0 saturated carbocycles. The number of nitrogens with zero attached hydrogens (tertiary/aromatic N) is 3. The Morgan fingerprint density at radius 3 is 3.23 bits per heavy atom. The molecule has 0 saturated heterocycles. The van der Waals surface area contributed by atoms with Crippen LogP contribution >= 0.6 is 11.3 Å². The zero-order valence-corrected chi connectivity index (χ0v) is 7.66. The van der Waals surface area contributed by atoms with Crippen molar-refractivity contribution in [2.24, 2.45) is 0 Å². The molecule has 2 aromatic heterocycles. The summed E-state index contributed by atoms with van der Waals surface area (Å²) < 4.78 is 1.89. The molecule has 0 amide bonds. The molecule has 0 atom stereocenters. The normalized spacial score (nSPS) is 9.77. The first-order valence-electron chi connectivity index (χ1n) is 3.84. The lowest BCUT2D eigenvalue weighted by molar-refractivity contribution is 0.787. The van der Waals surface area contributed by atoms with Crippen LogP contribution in [0, 0.1) is 11.3 Å². The van der Waals surface area contributed by atoms with Gasteiger partial charge in [0, 0.05) is 17.8 Å². The molecule has 3 nitrogen and oxygen atoms in total. The minimum absolute atomic E-state index is 0.676. The highest BCUT2D eigenvalue weighted by atomic mass is 32.1. The molecule has 0 fully saturated rings. The van der Waals surface area contributed by atoms with Gasteiger partial charge in [0.15, 0.2) is 0 Å². The minimum Gasteiger partial charge on any atom is -0.333 e. The Hall–Kier alpha value is -1.60. The third-order valence-electron chi connectivity index (χ3n) is 1.73. The molecule has 0 bridgehead atoms. The summed E-state index contributed by atoms with van der Waals surface area (Å²) in [5.74, 6) is 0. The average molecular weight is 189 g/mol. The van der Waals surface area contributed by atoms with Gasteiger partial charge in [-0.15, -0.1) is 11.3 Å². The van der Waals surface area contributed by atoms with Crippen molar-refractivity contribution < 1.29 is 0 Å². The van der Waals surface area contributed by atoms with Crippen LogP contribution in [0.1, 0.15) is 10.7 Å². The number of rotatable bonds is 2. The number of nitriles is 1.